The summed E-state index contributed by atoms with van der Waals surface area (Å²) >= 11 is 0. The third kappa shape index (κ3) is 4.15. The molecule has 146 valence electrons. The monoisotopic (exact) mass is 381 g/mol. The van der Waals surface area contributed by atoms with Crippen LogP contribution < -0.4 is 15.6 Å². The molecular formula is C21H23N3O4. The number of anilines is 1. The number of benzene rings is 2. The van der Waals surface area contributed by atoms with Crippen LogP contribution in [0.1, 0.15) is 11.1 Å². The van der Waals surface area contributed by atoms with E-state index in [1.807, 2.05) is 25.1 Å². The van der Waals surface area contributed by atoms with Crippen LogP contribution in [0.2, 0.25) is 0 Å². The Kier molecular flexibility index (Phi) is 5.96. The van der Waals surface area contributed by atoms with Gasteiger partial charge in [0, 0.05) is 12.1 Å². The van der Waals surface area contributed by atoms with E-state index in [0.717, 1.165) is 16.5 Å². The molecule has 0 radical (unpaired) electrons. The van der Waals surface area contributed by atoms with E-state index in [1.165, 1.54) is 12.0 Å². The number of hydrogen-bond donors (Lipinski definition) is 3. The minimum atomic E-state index is -0.428. The summed E-state index contributed by atoms with van der Waals surface area (Å²) in [6, 6.07) is 14.1. The highest BCUT2D eigenvalue weighted by Gasteiger charge is 2.17. The van der Waals surface area contributed by atoms with Crippen molar-refractivity contribution in [1.82, 2.24) is 9.88 Å². The topological polar surface area (TPSA) is 94.7 Å². The number of carbonyl (C=O) groups is 1. The van der Waals surface area contributed by atoms with Gasteiger partial charge in [0.25, 0.3) is 5.56 Å². The second kappa shape index (κ2) is 8.58. The maximum absolute atomic E-state index is 12.7. The van der Waals surface area contributed by atoms with Crippen LogP contribution in [-0.4, -0.2) is 41.3 Å². The van der Waals surface area contributed by atoms with Crippen molar-refractivity contribution in [1.29, 1.82) is 0 Å². The summed E-state index contributed by atoms with van der Waals surface area (Å²) in [4.78, 5) is 29.5. The second-order valence-electron chi connectivity index (χ2n) is 6.44. The number of ether oxygens (including phenoxy) is 1. The van der Waals surface area contributed by atoms with Crippen LogP contribution in [0.15, 0.2) is 53.3 Å². The molecule has 0 aliphatic carbocycles. The van der Waals surface area contributed by atoms with E-state index in [9.17, 15) is 14.7 Å². The van der Waals surface area contributed by atoms with Gasteiger partial charge in [-0.3, -0.25) is 4.79 Å². The molecule has 0 aliphatic rings. The normalized spacial score (nSPS) is 10.7. The lowest BCUT2D eigenvalue weighted by Gasteiger charge is -2.23. The zero-order valence-corrected chi connectivity index (χ0v) is 15.9. The predicted molar refractivity (Wildman–Crippen MR) is 109 cm³/mol. The van der Waals surface area contributed by atoms with Crippen molar-refractivity contribution >= 4 is 22.6 Å². The Morgan fingerprint density at radius 2 is 2.00 bits per heavy atom. The maximum atomic E-state index is 12.7. The number of hydrogen-bond acceptors (Lipinski definition) is 4. The van der Waals surface area contributed by atoms with Crippen LogP contribution in [0.5, 0.6) is 5.75 Å². The number of aromatic amines is 1. The molecule has 0 saturated carbocycles. The number of aryl methyl sites for hydroxylation is 1. The lowest BCUT2D eigenvalue weighted by Crippen LogP contribution is -2.38. The molecule has 7 nitrogen and oxygen atoms in total. The number of H-pyrrole nitrogens is 1. The number of carbonyl (C=O) groups excluding carboxylic acids is 1. The van der Waals surface area contributed by atoms with Crippen LogP contribution in [0.3, 0.4) is 0 Å². The third-order valence-corrected chi connectivity index (χ3v) is 4.53. The summed E-state index contributed by atoms with van der Waals surface area (Å²) in [5, 5.41) is 13.0. The van der Waals surface area contributed by atoms with Gasteiger partial charge in [0.15, 0.2) is 0 Å². The molecule has 0 saturated heterocycles. The van der Waals surface area contributed by atoms with E-state index in [2.05, 4.69) is 10.3 Å². The average Bonchev–Trinajstić information content (AvgIpc) is 2.69. The molecular weight excluding hydrogens is 358 g/mol. The highest BCUT2D eigenvalue weighted by Crippen LogP contribution is 2.23. The lowest BCUT2D eigenvalue weighted by atomic mass is 10.1. The molecule has 2 amide bonds. The molecule has 0 spiro atoms. The molecule has 2 aromatic carbocycles. The second-order valence-corrected chi connectivity index (χ2v) is 6.44. The smallest absolute Gasteiger partial charge is 0.322 e. The molecule has 0 atom stereocenters. The van der Waals surface area contributed by atoms with E-state index in [0.29, 0.717) is 17.0 Å². The lowest BCUT2D eigenvalue weighted by molar-refractivity contribution is 0.185. The Hall–Kier alpha value is -3.32. The highest BCUT2D eigenvalue weighted by molar-refractivity contribution is 5.91. The van der Waals surface area contributed by atoms with Crippen molar-refractivity contribution in [2.75, 3.05) is 25.6 Å². The molecule has 0 unspecified atom stereocenters. The number of aliphatic hydroxyl groups is 1. The largest absolute Gasteiger partial charge is 0.495 e. The molecule has 0 fully saturated rings. The minimum absolute atomic E-state index is 0.0702. The summed E-state index contributed by atoms with van der Waals surface area (Å²) in [6.45, 7) is 1.87. The van der Waals surface area contributed by atoms with Crippen LogP contribution in [0.4, 0.5) is 10.5 Å². The van der Waals surface area contributed by atoms with Gasteiger partial charge in [0.2, 0.25) is 0 Å². The van der Waals surface area contributed by atoms with Crippen LogP contribution in [0.25, 0.3) is 10.9 Å². The van der Waals surface area contributed by atoms with Crippen molar-refractivity contribution in [3.8, 4) is 5.75 Å². The predicted octanol–water partition coefficient (Wildman–Crippen LogP) is 2.87. The Balaban J connectivity index is 1.86. The summed E-state index contributed by atoms with van der Waals surface area (Å²) in [7, 11) is 1.52. The molecule has 3 N–H and O–H groups in total. The number of pyridine rings is 1. The fraction of sp³-hybridized carbons (Fsp3) is 0.238. The first-order valence-corrected chi connectivity index (χ1v) is 8.95. The Bertz CT molecular complexity index is 1050. The van der Waals surface area contributed by atoms with Gasteiger partial charge in [0.05, 0.1) is 31.5 Å². The van der Waals surface area contributed by atoms with Crippen LogP contribution in [0, 0.1) is 6.92 Å². The number of methoxy groups -OCH3 is 1. The number of fused-ring (bicyclic) bond motifs is 1. The first-order valence-electron chi connectivity index (χ1n) is 8.95. The van der Waals surface area contributed by atoms with Crippen LogP contribution in [-0.2, 0) is 6.54 Å². The van der Waals surface area contributed by atoms with Gasteiger partial charge < -0.3 is 25.0 Å². The van der Waals surface area contributed by atoms with Crippen molar-refractivity contribution < 1.29 is 14.6 Å². The molecule has 28 heavy (non-hydrogen) atoms. The van der Waals surface area contributed by atoms with Gasteiger partial charge in [-0.15, -0.1) is 0 Å². The maximum Gasteiger partial charge on any atom is 0.322 e. The Morgan fingerprint density at radius 1 is 1.21 bits per heavy atom. The van der Waals surface area contributed by atoms with Crippen molar-refractivity contribution in [2.45, 2.75) is 13.5 Å². The molecule has 0 bridgehead atoms. The van der Waals surface area contributed by atoms with Gasteiger partial charge in [-0.2, -0.15) is 0 Å². The number of amides is 2. The number of rotatable bonds is 6. The van der Waals surface area contributed by atoms with Crippen molar-refractivity contribution in [3.05, 3.63) is 70.0 Å². The van der Waals surface area contributed by atoms with Crippen molar-refractivity contribution in [2.24, 2.45) is 0 Å². The zero-order chi connectivity index (χ0) is 20.1. The fourth-order valence-electron chi connectivity index (χ4n) is 3.07. The molecule has 3 rings (SSSR count). The standard InChI is InChI=1S/C21H23N3O4/c1-14-6-5-7-15-12-16(20(26)23-19(14)15)13-24(10-11-25)21(27)22-17-8-3-4-9-18(17)28-2/h3-9,12,25H,10-11,13H2,1-2H3,(H,22,27)(H,23,26). The average molecular weight is 381 g/mol. The highest BCUT2D eigenvalue weighted by atomic mass is 16.5. The first-order chi connectivity index (χ1) is 13.5. The summed E-state index contributed by atoms with van der Waals surface area (Å²) in [5.41, 5.74) is 2.46. The van der Waals surface area contributed by atoms with E-state index in [1.54, 1.807) is 30.3 Å². The SMILES string of the molecule is COc1ccccc1NC(=O)N(CCO)Cc1cc2cccc(C)c2[nH]c1=O. The van der Waals surface area contributed by atoms with E-state index in [-0.39, 0.29) is 25.3 Å². The summed E-state index contributed by atoms with van der Waals surface area (Å²) in [5.74, 6) is 0.527. The van der Waals surface area contributed by atoms with Gasteiger partial charge in [-0.1, -0.05) is 30.3 Å². The number of aromatic nitrogens is 1. The minimum Gasteiger partial charge on any atom is -0.495 e. The Labute approximate surface area is 162 Å². The van der Waals surface area contributed by atoms with Gasteiger partial charge >= 0.3 is 6.03 Å². The molecule has 1 aromatic heterocycles. The third-order valence-electron chi connectivity index (χ3n) is 4.53. The van der Waals surface area contributed by atoms with Gasteiger partial charge in [-0.25, -0.2) is 4.79 Å². The number of aliphatic hydroxyl groups excluding tert-OH is 1. The number of nitrogens with zero attached hydrogens (tertiary/aromatic N) is 1. The molecule has 0 aliphatic heterocycles. The molecule has 1 heterocycles. The van der Waals surface area contributed by atoms with E-state index < -0.39 is 6.03 Å². The summed E-state index contributed by atoms with van der Waals surface area (Å²) < 4.78 is 5.25. The van der Waals surface area contributed by atoms with Crippen molar-refractivity contribution in [3.63, 3.8) is 0 Å². The van der Waals surface area contributed by atoms with E-state index in [4.69, 9.17) is 4.74 Å². The van der Waals surface area contributed by atoms with Crippen LogP contribution >= 0.6 is 0 Å². The van der Waals surface area contributed by atoms with Gasteiger partial charge in [0.1, 0.15) is 5.75 Å². The quantitative estimate of drug-likeness (QED) is 0.612. The summed E-state index contributed by atoms with van der Waals surface area (Å²) in [6.07, 6.45) is 0. The molecule has 3 aromatic rings. The number of para-hydroxylation sites is 3. The Morgan fingerprint density at radius 3 is 2.75 bits per heavy atom. The zero-order valence-electron chi connectivity index (χ0n) is 15.9. The van der Waals surface area contributed by atoms with E-state index >= 15 is 0 Å². The number of nitrogens with one attached hydrogen (secondary N) is 2. The fourth-order valence-corrected chi connectivity index (χ4v) is 3.07. The molecule has 7 heteroatoms. The first kappa shape index (κ1) is 19.4. The number of urea groups is 1. The van der Waals surface area contributed by atoms with Gasteiger partial charge in [-0.05, 0) is 36.1 Å².